The number of benzene rings is 1. The molecule has 1 heterocycles. The average molecular weight is 231 g/mol. The van der Waals surface area contributed by atoms with E-state index in [1.807, 2.05) is 0 Å². The van der Waals surface area contributed by atoms with E-state index in [9.17, 15) is 4.79 Å². The molecular weight excluding hydrogens is 222 g/mol. The Morgan fingerprint density at radius 1 is 1.18 bits per heavy atom. The summed E-state index contributed by atoms with van der Waals surface area (Å²) in [7, 11) is 1.31. The van der Waals surface area contributed by atoms with Crippen molar-refractivity contribution in [2.75, 3.05) is 7.11 Å². The van der Waals surface area contributed by atoms with E-state index < -0.39 is 5.97 Å². The van der Waals surface area contributed by atoms with Crippen molar-refractivity contribution in [3.05, 3.63) is 42.5 Å². The lowest BCUT2D eigenvalue weighted by Gasteiger charge is -2.07. The van der Waals surface area contributed by atoms with Gasteiger partial charge in [-0.05, 0) is 12.1 Å². The van der Waals surface area contributed by atoms with Crippen LogP contribution >= 0.6 is 0 Å². The Hall–Kier alpha value is -2.50. The standard InChI is InChI=1S/C11H9N3O3/c1-16-10(15)8-4-2-3-5-9(8)17-11-13-6-12-7-14-11/h2-7H,1H3. The van der Waals surface area contributed by atoms with E-state index in [2.05, 4.69) is 19.7 Å². The Morgan fingerprint density at radius 3 is 2.59 bits per heavy atom. The van der Waals surface area contributed by atoms with Gasteiger partial charge >= 0.3 is 12.0 Å². The van der Waals surface area contributed by atoms with Crippen molar-refractivity contribution in [1.29, 1.82) is 0 Å². The molecule has 6 heteroatoms. The Bertz CT molecular complexity index is 516. The van der Waals surface area contributed by atoms with Crippen LogP contribution in [0.25, 0.3) is 0 Å². The van der Waals surface area contributed by atoms with Gasteiger partial charge in [-0.25, -0.2) is 9.78 Å². The minimum atomic E-state index is -0.477. The van der Waals surface area contributed by atoms with Gasteiger partial charge in [0.2, 0.25) is 0 Å². The van der Waals surface area contributed by atoms with Crippen molar-refractivity contribution in [3.8, 4) is 11.8 Å². The molecule has 0 spiro atoms. The highest BCUT2D eigenvalue weighted by Crippen LogP contribution is 2.22. The van der Waals surface area contributed by atoms with Crippen LogP contribution in [0.15, 0.2) is 36.9 Å². The molecule has 0 amide bonds. The number of ether oxygens (including phenoxy) is 2. The van der Waals surface area contributed by atoms with Crippen LogP contribution in [0.3, 0.4) is 0 Å². The first-order valence-corrected chi connectivity index (χ1v) is 4.78. The van der Waals surface area contributed by atoms with Gasteiger partial charge < -0.3 is 9.47 Å². The molecule has 0 aliphatic carbocycles. The number of carbonyl (C=O) groups excluding carboxylic acids is 1. The second kappa shape index (κ2) is 5.02. The molecule has 0 unspecified atom stereocenters. The van der Waals surface area contributed by atoms with E-state index in [1.54, 1.807) is 24.3 Å². The fourth-order valence-electron chi connectivity index (χ4n) is 1.21. The molecule has 0 aliphatic heterocycles. The fourth-order valence-corrected chi connectivity index (χ4v) is 1.21. The van der Waals surface area contributed by atoms with E-state index in [1.165, 1.54) is 19.8 Å². The first kappa shape index (κ1) is 11.0. The van der Waals surface area contributed by atoms with Crippen LogP contribution in [0, 0.1) is 0 Å². The predicted octanol–water partition coefficient (Wildman–Crippen LogP) is 1.45. The molecule has 86 valence electrons. The first-order valence-electron chi connectivity index (χ1n) is 4.78. The van der Waals surface area contributed by atoms with E-state index in [0.717, 1.165) is 0 Å². The average Bonchev–Trinajstić information content (AvgIpc) is 2.40. The zero-order valence-corrected chi connectivity index (χ0v) is 9.03. The number of aromatic nitrogens is 3. The van der Waals surface area contributed by atoms with Gasteiger partial charge in [-0.15, -0.1) is 0 Å². The normalized spacial score (nSPS) is 9.71. The number of rotatable bonds is 3. The zero-order chi connectivity index (χ0) is 12.1. The van der Waals surface area contributed by atoms with Crippen molar-refractivity contribution < 1.29 is 14.3 Å². The van der Waals surface area contributed by atoms with Crippen molar-refractivity contribution in [2.24, 2.45) is 0 Å². The summed E-state index contributed by atoms with van der Waals surface area (Å²) in [5.41, 5.74) is 0.315. The van der Waals surface area contributed by atoms with E-state index >= 15 is 0 Å². The highest BCUT2D eigenvalue weighted by molar-refractivity contribution is 5.92. The molecule has 1 aromatic heterocycles. The molecule has 2 aromatic rings. The maximum absolute atomic E-state index is 11.5. The van der Waals surface area contributed by atoms with Gasteiger partial charge in [0.15, 0.2) is 0 Å². The summed E-state index contributed by atoms with van der Waals surface area (Å²) >= 11 is 0. The van der Waals surface area contributed by atoms with Gasteiger partial charge in [0, 0.05) is 0 Å². The van der Waals surface area contributed by atoms with Crippen molar-refractivity contribution >= 4 is 5.97 Å². The lowest BCUT2D eigenvalue weighted by atomic mass is 10.2. The molecule has 1 aromatic carbocycles. The third-order valence-corrected chi connectivity index (χ3v) is 1.96. The number of para-hydroxylation sites is 1. The number of hydrogen-bond acceptors (Lipinski definition) is 6. The number of esters is 1. The molecule has 0 saturated carbocycles. The minimum Gasteiger partial charge on any atom is -0.465 e. The van der Waals surface area contributed by atoms with Gasteiger partial charge in [0.1, 0.15) is 24.0 Å². The molecule has 6 nitrogen and oxygen atoms in total. The predicted molar refractivity (Wildman–Crippen MR) is 57.7 cm³/mol. The fraction of sp³-hybridized carbons (Fsp3) is 0.0909. The largest absolute Gasteiger partial charge is 0.465 e. The smallest absolute Gasteiger partial charge is 0.341 e. The SMILES string of the molecule is COC(=O)c1ccccc1Oc1ncncn1. The molecule has 2 rings (SSSR count). The molecule has 0 fully saturated rings. The van der Waals surface area contributed by atoms with Crippen LogP contribution in [-0.2, 0) is 4.74 Å². The van der Waals surface area contributed by atoms with Gasteiger partial charge in [0.25, 0.3) is 0 Å². The molecular formula is C11H9N3O3. The van der Waals surface area contributed by atoms with Gasteiger partial charge in [-0.1, -0.05) is 12.1 Å². The van der Waals surface area contributed by atoms with Crippen LogP contribution in [0.2, 0.25) is 0 Å². The zero-order valence-electron chi connectivity index (χ0n) is 9.03. The summed E-state index contributed by atoms with van der Waals surface area (Å²) < 4.78 is 10.0. The second-order valence-electron chi connectivity index (χ2n) is 3.01. The summed E-state index contributed by atoms with van der Waals surface area (Å²) in [6.45, 7) is 0. The van der Waals surface area contributed by atoms with Crippen molar-refractivity contribution in [3.63, 3.8) is 0 Å². The van der Waals surface area contributed by atoms with Crippen LogP contribution in [0.4, 0.5) is 0 Å². The number of carbonyl (C=O) groups is 1. The second-order valence-corrected chi connectivity index (χ2v) is 3.01. The summed E-state index contributed by atoms with van der Waals surface area (Å²) in [6.07, 6.45) is 2.62. The summed E-state index contributed by atoms with van der Waals surface area (Å²) in [5.74, 6) is -0.139. The lowest BCUT2D eigenvalue weighted by Crippen LogP contribution is -2.04. The van der Waals surface area contributed by atoms with Gasteiger partial charge in [-0.3, -0.25) is 0 Å². The summed E-state index contributed by atoms with van der Waals surface area (Å²) in [4.78, 5) is 22.7. The van der Waals surface area contributed by atoms with Crippen LogP contribution in [-0.4, -0.2) is 28.0 Å². The maximum Gasteiger partial charge on any atom is 0.341 e. The summed E-state index contributed by atoms with van der Waals surface area (Å²) in [6, 6.07) is 6.81. The van der Waals surface area contributed by atoms with Crippen molar-refractivity contribution in [1.82, 2.24) is 15.0 Å². The Labute approximate surface area is 97.3 Å². The Morgan fingerprint density at radius 2 is 1.88 bits per heavy atom. The molecule has 0 N–H and O–H groups in total. The summed E-state index contributed by atoms with van der Waals surface area (Å²) in [5, 5.41) is 0. The third kappa shape index (κ3) is 2.54. The Balaban J connectivity index is 2.30. The molecule has 0 saturated heterocycles. The molecule has 0 radical (unpaired) electrons. The van der Waals surface area contributed by atoms with Crippen LogP contribution in [0.1, 0.15) is 10.4 Å². The highest BCUT2D eigenvalue weighted by Gasteiger charge is 2.13. The minimum absolute atomic E-state index is 0.122. The number of hydrogen-bond donors (Lipinski definition) is 0. The molecule has 0 aliphatic rings. The van der Waals surface area contributed by atoms with E-state index in [-0.39, 0.29) is 6.01 Å². The van der Waals surface area contributed by atoms with Gasteiger partial charge in [-0.2, -0.15) is 9.97 Å². The maximum atomic E-state index is 11.5. The topological polar surface area (TPSA) is 74.2 Å². The molecule has 0 bridgehead atoms. The Kier molecular flexibility index (Phi) is 3.25. The monoisotopic (exact) mass is 231 g/mol. The van der Waals surface area contributed by atoms with E-state index in [0.29, 0.717) is 11.3 Å². The molecule has 0 atom stereocenters. The highest BCUT2D eigenvalue weighted by atomic mass is 16.5. The first-order chi connectivity index (χ1) is 8.31. The van der Waals surface area contributed by atoms with Gasteiger partial charge in [0.05, 0.1) is 7.11 Å². The number of nitrogens with zero attached hydrogens (tertiary/aromatic N) is 3. The quantitative estimate of drug-likeness (QED) is 0.744. The molecule has 17 heavy (non-hydrogen) atoms. The number of methoxy groups -OCH3 is 1. The van der Waals surface area contributed by atoms with Crippen LogP contribution < -0.4 is 4.74 Å². The van der Waals surface area contributed by atoms with Crippen LogP contribution in [0.5, 0.6) is 11.8 Å². The lowest BCUT2D eigenvalue weighted by molar-refractivity contribution is 0.0598. The van der Waals surface area contributed by atoms with E-state index in [4.69, 9.17) is 4.74 Å². The third-order valence-electron chi connectivity index (χ3n) is 1.96. The van der Waals surface area contributed by atoms with Crippen molar-refractivity contribution in [2.45, 2.75) is 0 Å².